The average Bonchev–Trinajstić information content (AvgIpc) is 2.71. The molecule has 1 amide bonds. The van der Waals surface area contributed by atoms with E-state index in [2.05, 4.69) is 32.7 Å². The fraction of sp³-hybridized carbons (Fsp3) is 0.733. The van der Waals surface area contributed by atoms with Gasteiger partial charge in [0.1, 0.15) is 6.29 Å². The highest BCUT2D eigenvalue weighted by molar-refractivity contribution is 5.74. The number of hydrogen-bond donors (Lipinski definition) is 1. The van der Waals surface area contributed by atoms with Gasteiger partial charge in [0.15, 0.2) is 0 Å². The molecule has 1 rings (SSSR count). The van der Waals surface area contributed by atoms with Crippen LogP contribution in [0, 0.1) is 17.3 Å². The van der Waals surface area contributed by atoms with Crippen molar-refractivity contribution in [1.82, 2.24) is 5.32 Å². The second-order valence-electron chi connectivity index (χ2n) is 6.41. The molecule has 0 bridgehead atoms. The van der Waals surface area contributed by atoms with Crippen molar-refractivity contribution in [3.05, 3.63) is 12.2 Å². The van der Waals surface area contributed by atoms with Gasteiger partial charge in [-0.05, 0) is 24.2 Å². The number of amides is 1. The lowest BCUT2D eigenvalue weighted by atomic mass is 9.75. The second-order valence-corrected chi connectivity index (χ2v) is 6.41. The van der Waals surface area contributed by atoms with E-state index in [1.807, 2.05) is 0 Å². The molecule has 3 heteroatoms. The van der Waals surface area contributed by atoms with E-state index in [9.17, 15) is 9.59 Å². The SMILES string of the molecule is C=C(C1CCCC1C=O)C(NC(C)=O)C(C)(C)C. The van der Waals surface area contributed by atoms with Crippen LogP contribution in [-0.4, -0.2) is 18.2 Å². The van der Waals surface area contributed by atoms with Crippen LogP contribution in [0.5, 0.6) is 0 Å². The van der Waals surface area contributed by atoms with Crippen molar-refractivity contribution in [1.29, 1.82) is 0 Å². The first kappa shape index (κ1) is 14.9. The lowest BCUT2D eigenvalue weighted by Crippen LogP contribution is -2.45. The number of aldehydes is 1. The molecule has 1 fully saturated rings. The first-order chi connectivity index (χ1) is 8.27. The van der Waals surface area contributed by atoms with Gasteiger partial charge in [-0.1, -0.05) is 39.3 Å². The van der Waals surface area contributed by atoms with Crippen LogP contribution in [0.15, 0.2) is 12.2 Å². The fourth-order valence-electron chi connectivity index (χ4n) is 2.89. The number of carbonyl (C=O) groups excluding carboxylic acids is 2. The number of nitrogens with one attached hydrogen (secondary N) is 1. The molecule has 18 heavy (non-hydrogen) atoms. The Labute approximate surface area is 110 Å². The third-order valence-corrected chi connectivity index (χ3v) is 3.80. The van der Waals surface area contributed by atoms with E-state index in [-0.39, 0.29) is 29.2 Å². The molecule has 0 radical (unpaired) electrons. The molecule has 3 nitrogen and oxygen atoms in total. The summed E-state index contributed by atoms with van der Waals surface area (Å²) in [5, 5.41) is 2.99. The van der Waals surface area contributed by atoms with Crippen LogP contribution in [0.1, 0.15) is 47.0 Å². The summed E-state index contributed by atoms with van der Waals surface area (Å²) in [6.45, 7) is 12.0. The fourth-order valence-corrected chi connectivity index (χ4v) is 2.89. The quantitative estimate of drug-likeness (QED) is 0.617. The van der Waals surface area contributed by atoms with Crippen LogP contribution in [0.4, 0.5) is 0 Å². The molecule has 102 valence electrons. The van der Waals surface area contributed by atoms with Crippen molar-refractivity contribution in [3.8, 4) is 0 Å². The van der Waals surface area contributed by atoms with Crippen molar-refractivity contribution >= 4 is 12.2 Å². The van der Waals surface area contributed by atoms with Gasteiger partial charge in [0.2, 0.25) is 5.91 Å². The Morgan fingerprint density at radius 1 is 1.39 bits per heavy atom. The predicted octanol–water partition coefficient (Wildman–Crippen LogP) is 2.71. The third kappa shape index (κ3) is 3.44. The summed E-state index contributed by atoms with van der Waals surface area (Å²) in [6.07, 6.45) is 4.08. The molecule has 1 saturated carbocycles. The van der Waals surface area contributed by atoms with Gasteiger partial charge in [-0.25, -0.2) is 0 Å². The molecule has 0 saturated heterocycles. The summed E-state index contributed by atoms with van der Waals surface area (Å²) < 4.78 is 0. The molecule has 0 aromatic carbocycles. The Bertz CT molecular complexity index is 341. The normalized spacial score (nSPS) is 25.6. The van der Waals surface area contributed by atoms with E-state index in [0.29, 0.717) is 0 Å². The van der Waals surface area contributed by atoms with Gasteiger partial charge < -0.3 is 10.1 Å². The van der Waals surface area contributed by atoms with Gasteiger partial charge in [0.25, 0.3) is 0 Å². The van der Waals surface area contributed by atoms with E-state index in [0.717, 1.165) is 31.1 Å². The molecule has 3 unspecified atom stereocenters. The van der Waals surface area contributed by atoms with E-state index in [1.54, 1.807) is 0 Å². The van der Waals surface area contributed by atoms with Crippen molar-refractivity contribution in [2.45, 2.75) is 53.0 Å². The number of rotatable bonds is 4. The molecule has 1 aliphatic carbocycles. The summed E-state index contributed by atoms with van der Waals surface area (Å²) >= 11 is 0. The first-order valence-corrected chi connectivity index (χ1v) is 6.68. The van der Waals surface area contributed by atoms with Crippen LogP contribution in [-0.2, 0) is 9.59 Å². The molecule has 0 heterocycles. The minimum absolute atomic E-state index is 0.0447. The molecule has 0 aliphatic heterocycles. The molecule has 0 aromatic rings. The third-order valence-electron chi connectivity index (χ3n) is 3.80. The minimum Gasteiger partial charge on any atom is -0.349 e. The molecular weight excluding hydrogens is 226 g/mol. The van der Waals surface area contributed by atoms with E-state index in [1.165, 1.54) is 6.92 Å². The summed E-state index contributed by atoms with van der Waals surface area (Å²) in [6, 6.07) is -0.0689. The largest absolute Gasteiger partial charge is 0.349 e. The van der Waals surface area contributed by atoms with Gasteiger partial charge in [-0.3, -0.25) is 4.79 Å². The maximum atomic E-state index is 11.3. The zero-order chi connectivity index (χ0) is 13.9. The molecule has 1 N–H and O–H groups in total. The zero-order valence-electron chi connectivity index (χ0n) is 12.0. The van der Waals surface area contributed by atoms with Crippen LogP contribution < -0.4 is 5.32 Å². The zero-order valence-corrected chi connectivity index (χ0v) is 12.0. The Kier molecular flexibility index (Phi) is 4.71. The highest BCUT2D eigenvalue weighted by Gasteiger charge is 2.36. The van der Waals surface area contributed by atoms with Gasteiger partial charge in [-0.15, -0.1) is 0 Å². The maximum Gasteiger partial charge on any atom is 0.217 e. The van der Waals surface area contributed by atoms with Crippen LogP contribution in [0.2, 0.25) is 0 Å². The van der Waals surface area contributed by atoms with Gasteiger partial charge in [0, 0.05) is 12.8 Å². The minimum atomic E-state index is -0.0845. The van der Waals surface area contributed by atoms with Crippen LogP contribution in [0.25, 0.3) is 0 Å². The van der Waals surface area contributed by atoms with Crippen LogP contribution in [0.3, 0.4) is 0 Å². The molecule has 1 aliphatic rings. The Morgan fingerprint density at radius 2 is 2.00 bits per heavy atom. The van der Waals surface area contributed by atoms with E-state index >= 15 is 0 Å². The molecule has 0 spiro atoms. The highest BCUT2D eigenvalue weighted by Crippen LogP contribution is 2.39. The summed E-state index contributed by atoms with van der Waals surface area (Å²) in [7, 11) is 0. The number of carbonyl (C=O) groups is 2. The van der Waals surface area contributed by atoms with E-state index < -0.39 is 0 Å². The van der Waals surface area contributed by atoms with Gasteiger partial charge in [0.05, 0.1) is 6.04 Å². The molecular formula is C15H25NO2. The molecule has 3 atom stereocenters. The lowest BCUT2D eigenvalue weighted by molar-refractivity contribution is -0.120. The lowest BCUT2D eigenvalue weighted by Gasteiger charge is -2.36. The summed E-state index contributed by atoms with van der Waals surface area (Å²) in [5.74, 6) is 0.256. The van der Waals surface area contributed by atoms with Crippen molar-refractivity contribution in [2.24, 2.45) is 17.3 Å². The Morgan fingerprint density at radius 3 is 2.44 bits per heavy atom. The smallest absolute Gasteiger partial charge is 0.217 e. The van der Waals surface area contributed by atoms with Gasteiger partial charge >= 0.3 is 0 Å². The van der Waals surface area contributed by atoms with Crippen molar-refractivity contribution in [3.63, 3.8) is 0 Å². The standard InChI is InChI=1S/C15H25NO2/c1-10(13-8-6-7-12(13)9-17)14(15(3,4)5)16-11(2)18/h9,12-14H,1,6-8H2,2-5H3,(H,16,18). The number of hydrogen-bond acceptors (Lipinski definition) is 2. The Hall–Kier alpha value is -1.12. The predicted molar refractivity (Wildman–Crippen MR) is 73.1 cm³/mol. The monoisotopic (exact) mass is 251 g/mol. The van der Waals surface area contributed by atoms with Gasteiger partial charge in [-0.2, -0.15) is 0 Å². The van der Waals surface area contributed by atoms with Crippen LogP contribution >= 0.6 is 0 Å². The topological polar surface area (TPSA) is 46.2 Å². The average molecular weight is 251 g/mol. The summed E-state index contributed by atoms with van der Waals surface area (Å²) in [4.78, 5) is 22.4. The highest BCUT2D eigenvalue weighted by atomic mass is 16.1. The Balaban J connectivity index is 2.88. The maximum absolute atomic E-state index is 11.3. The molecule has 0 aromatic heterocycles. The second kappa shape index (κ2) is 5.68. The van der Waals surface area contributed by atoms with Crippen molar-refractivity contribution in [2.75, 3.05) is 0 Å². The summed E-state index contributed by atoms with van der Waals surface area (Å²) in [5.41, 5.74) is 0.922. The van der Waals surface area contributed by atoms with Crippen molar-refractivity contribution < 1.29 is 9.59 Å². The first-order valence-electron chi connectivity index (χ1n) is 6.68. The van der Waals surface area contributed by atoms with E-state index in [4.69, 9.17) is 0 Å².